The summed E-state index contributed by atoms with van der Waals surface area (Å²) in [5.74, 6) is -0.644. The molecular weight excluding hydrogens is 721 g/mol. The van der Waals surface area contributed by atoms with E-state index in [0.717, 1.165) is 32.1 Å². The van der Waals surface area contributed by atoms with Gasteiger partial charge >= 0.3 is 5.97 Å². The molecule has 4 aromatic rings. The number of carboxylic acid groups (broad SMARTS) is 1. The molecule has 1 saturated heterocycles. The summed E-state index contributed by atoms with van der Waals surface area (Å²) >= 11 is 0. The predicted octanol–water partition coefficient (Wildman–Crippen LogP) is 4.89. The molecule has 3 aromatic carbocycles. The van der Waals surface area contributed by atoms with Gasteiger partial charge in [0.05, 0.1) is 23.1 Å². The van der Waals surface area contributed by atoms with E-state index in [9.17, 15) is 19.5 Å². The number of benzene rings is 3. The average molecular weight is 767 g/mol. The quantitative estimate of drug-likeness (QED) is 0.0903. The first-order chi connectivity index (χ1) is 24.5. The molecule has 0 radical (unpaired) electrons. The number of aromatic carboxylic acids is 1. The summed E-state index contributed by atoms with van der Waals surface area (Å²) in [4.78, 5) is 47.4. The number of nitrogens with two attached hydrogens (primary N) is 2. The maximum atomic E-state index is 14.2. The lowest BCUT2D eigenvalue weighted by Gasteiger charge is -2.32. The van der Waals surface area contributed by atoms with Crippen LogP contribution in [0, 0.1) is 10.8 Å². The highest BCUT2D eigenvalue weighted by Gasteiger charge is 2.25. The van der Waals surface area contributed by atoms with Crippen molar-refractivity contribution in [2.75, 3.05) is 18.0 Å². The Morgan fingerprint density at radius 2 is 1.49 bits per heavy atom. The molecule has 14 nitrogen and oxygen atoms in total. The summed E-state index contributed by atoms with van der Waals surface area (Å²) in [6.07, 6.45) is 6.57. The number of carbonyl (C=O) groups is 3. The van der Waals surface area contributed by atoms with E-state index in [1.165, 1.54) is 29.2 Å². The van der Waals surface area contributed by atoms with Gasteiger partial charge in [0.15, 0.2) is 5.96 Å². The molecule has 53 heavy (non-hydrogen) atoms. The predicted molar refractivity (Wildman–Crippen MR) is 208 cm³/mol. The number of ether oxygens (including phenoxy) is 1. The van der Waals surface area contributed by atoms with Crippen LogP contribution in [0.25, 0.3) is 11.0 Å². The van der Waals surface area contributed by atoms with Gasteiger partial charge in [-0.25, -0.2) is 9.78 Å². The normalized spacial score (nSPS) is 14.8. The van der Waals surface area contributed by atoms with E-state index in [-0.39, 0.29) is 78.9 Å². The number of amidine groups is 1. The Kier molecular flexibility index (Phi) is 13.7. The van der Waals surface area contributed by atoms with E-state index < -0.39 is 11.9 Å². The van der Waals surface area contributed by atoms with Gasteiger partial charge in [-0.3, -0.25) is 20.4 Å². The molecule has 0 unspecified atom stereocenters. The first-order valence-corrected chi connectivity index (χ1v) is 17.2. The Hall–Kier alpha value is -5.34. The van der Waals surface area contributed by atoms with Crippen molar-refractivity contribution in [2.45, 2.75) is 70.2 Å². The number of piperidine rings is 1. The zero-order valence-electron chi connectivity index (χ0n) is 29.1. The monoisotopic (exact) mass is 765 g/mol. The zero-order chi connectivity index (χ0) is 36.1. The Labute approximate surface area is 319 Å². The molecule has 1 saturated carbocycles. The number of anilines is 1. The Balaban J connectivity index is 0.00000314. The van der Waals surface area contributed by atoms with E-state index in [1.54, 1.807) is 47.0 Å². The number of nitrogens with zero attached hydrogens (tertiary/aromatic N) is 4. The Morgan fingerprint density at radius 1 is 0.868 bits per heavy atom. The highest BCUT2D eigenvalue weighted by atomic mass is 35.5. The molecular formula is C37H45Cl2N9O5. The average Bonchev–Trinajstić information content (AvgIpc) is 3.46. The number of amides is 2. The van der Waals surface area contributed by atoms with Crippen LogP contribution in [0.2, 0.25) is 0 Å². The molecule has 2 aliphatic rings. The van der Waals surface area contributed by atoms with Crippen molar-refractivity contribution >= 4 is 71.1 Å². The fraction of sp³-hybridized carbons (Fsp3) is 0.351. The Morgan fingerprint density at radius 3 is 2.09 bits per heavy atom. The van der Waals surface area contributed by atoms with Crippen molar-refractivity contribution in [1.82, 2.24) is 19.8 Å². The van der Waals surface area contributed by atoms with Gasteiger partial charge in [0.2, 0.25) is 5.91 Å². The fourth-order valence-corrected chi connectivity index (χ4v) is 6.75. The van der Waals surface area contributed by atoms with Crippen molar-refractivity contribution in [1.29, 1.82) is 10.8 Å². The second-order valence-electron chi connectivity index (χ2n) is 13.1. The number of hydrogen-bond donors (Lipinski definition) is 6. The molecule has 0 bridgehead atoms. The van der Waals surface area contributed by atoms with Crippen LogP contribution >= 0.6 is 24.8 Å². The molecule has 1 aliphatic heterocycles. The summed E-state index contributed by atoms with van der Waals surface area (Å²) in [6, 6.07) is 18.2. The fourth-order valence-electron chi connectivity index (χ4n) is 6.75. The highest BCUT2D eigenvalue weighted by molar-refractivity contribution is 6.06. The van der Waals surface area contributed by atoms with Gasteiger partial charge in [0.1, 0.15) is 30.1 Å². The van der Waals surface area contributed by atoms with Gasteiger partial charge in [0.25, 0.3) is 5.91 Å². The molecule has 16 heteroatoms. The van der Waals surface area contributed by atoms with E-state index in [1.807, 2.05) is 4.90 Å². The smallest absolute Gasteiger partial charge is 0.335 e. The third-order valence-corrected chi connectivity index (χ3v) is 9.57. The van der Waals surface area contributed by atoms with E-state index in [0.29, 0.717) is 59.8 Å². The van der Waals surface area contributed by atoms with Crippen molar-refractivity contribution in [3.63, 3.8) is 0 Å². The van der Waals surface area contributed by atoms with Crippen LogP contribution in [0.4, 0.5) is 5.69 Å². The van der Waals surface area contributed by atoms with Gasteiger partial charge in [-0.1, -0.05) is 19.3 Å². The molecule has 6 rings (SSSR count). The Bertz CT molecular complexity index is 1940. The maximum absolute atomic E-state index is 14.2. The minimum absolute atomic E-state index is 0. The van der Waals surface area contributed by atoms with Gasteiger partial charge in [-0.15, -0.1) is 24.8 Å². The number of carbonyl (C=O) groups excluding carboxylic acids is 2. The van der Waals surface area contributed by atoms with Gasteiger partial charge < -0.3 is 41.0 Å². The van der Waals surface area contributed by atoms with Crippen molar-refractivity contribution < 1.29 is 24.2 Å². The number of nitrogen functional groups attached to an aromatic ring is 1. The number of halogens is 2. The molecule has 0 atom stereocenters. The van der Waals surface area contributed by atoms with E-state index in [4.69, 9.17) is 32.0 Å². The van der Waals surface area contributed by atoms with Crippen LogP contribution in [0.1, 0.15) is 77.0 Å². The lowest BCUT2D eigenvalue weighted by Crippen LogP contribution is -2.44. The lowest BCUT2D eigenvalue weighted by molar-refractivity contribution is -0.122. The van der Waals surface area contributed by atoms with Crippen LogP contribution in [-0.2, 0) is 17.9 Å². The van der Waals surface area contributed by atoms with Gasteiger partial charge in [-0.05, 0) is 79.6 Å². The van der Waals surface area contributed by atoms with Crippen molar-refractivity contribution in [2.24, 2.45) is 11.5 Å². The number of nitrogens with one attached hydrogen (secondary N) is 3. The summed E-state index contributed by atoms with van der Waals surface area (Å²) in [6.45, 7) is 1.22. The molecule has 2 amide bonds. The molecule has 0 spiro atoms. The summed E-state index contributed by atoms with van der Waals surface area (Å²) < 4.78 is 8.01. The number of likely N-dealkylation sites (tertiary alicyclic amines) is 1. The number of guanidine groups is 1. The van der Waals surface area contributed by atoms with Crippen LogP contribution in [0.15, 0.2) is 66.7 Å². The minimum Gasteiger partial charge on any atom is -0.490 e. The molecule has 1 aromatic heterocycles. The number of aromatic nitrogens is 2. The molecule has 2 fully saturated rings. The molecule has 2 heterocycles. The van der Waals surface area contributed by atoms with Crippen LogP contribution in [0.3, 0.4) is 0 Å². The van der Waals surface area contributed by atoms with E-state index in [2.05, 4.69) is 5.32 Å². The second-order valence-corrected chi connectivity index (χ2v) is 13.1. The standard InChI is InChI=1S/C37H43N9O5.2ClH/c38-34(39)25-10-15-31-30(20-25)43-32(46(31)22-33(47)42-26-4-2-1-3-5-26)21-45(35(48)23-6-8-24(9-7-23)36(49)50)27-11-13-28(14-12-27)51-29-16-18-44(19-17-29)37(40)41;;/h6-15,20,26,29H,1-5,16-19,21-22H2,(H3,38,39)(H3,40,41)(H,42,47)(H,49,50);2*1H. The van der Waals surface area contributed by atoms with Crippen LogP contribution in [0.5, 0.6) is 5.75 Å². The number of rotatable bonds is 11. The SMILES string of the molecule is Cl.Cl.N=C(N)c1ccc2c(c1)nc(CN(C(=O)c1ccc(C(=O)O)cc1)c1ccc(OC3CCN(C(=N)N)CC3)cc1)n2CC(=O)NC1CCCCC1. The number of hydrogen-bond acceptors (Lipinski definition) is 7. The van der Waals surface area contributed by atoms with E-state index >= 15 is 0 Å². The number of fused-ring (bicyclic) bond motifs is 1. The maximum Gasteiger partial charge on any atom is 0.335 e. The summed E-state index contributed by atoms with van der Waals surface area (Å²) in [5.41, 5.74) is 14.0. The first kappa shape index (κ1) is 40.4. The highest BCUT2D eigenvalue weighted by Crippen LogP contribution is 2.28. The summed E-state index contributed by atoms with van der Waals surface area (Å²) in [5, 5.41) is 28.2. The van der Waals surface area contributed by atoms with Crippen molar-refractivity contribution in [3.8, 4) is 5.75 Å². The first-order valence-electron chi connectivity index (χ1n) is 17.2. The molecule has 282 valence electrons. The van der Waals surface area contributed by atoms with Gasteiger partial charge in [0, 0.05) is 48.8 Å². The third kappa shape index (κ3) is 9.76. The molecule has 8 N–H and O–H groups in total. The zero-order valence-corrected chi connectivity index (χ0v) is 30.8. The second kappa shape index (κ2) is 17.9. The number of imidazole rings is 1. The summed E-state index contributed by atoms with van der Waals surface area (Å²) in [7, 11) is 0. The van der Waals surface area contributed by atoms with Crippen molar-refractivity contribution in [3.05, 3.63) is 89.2 Å². The minimum atomic E-state index is -1.10. The molecule has 1 aliphatic carbocycles. The topological polar surface area (TPSA) is 217 Å². The largest absolute Gasteiger partial charge is 0.490 e. The third-order valence-electron chi connectivity index (χ3n) is 9.57. The number of carboxylic acids is 1. The van der Waals surface area contributed by atoms with Gasteiger partial charge in [-0.2, -0.15) is 0 Å². The van der Waals surface area contributed by atoms with Crippen LogP contribution < -0.4 is 26.4 Å². The lowest BCUT2D eigenvalue weighted by atomic mass is 9.95. The van der Waals surface area contributed by atoms with Crippen LogP contribution in [-0.4, -0.2) is 74.4 Å².